The van der Waals surface area contributed by atoms with Crippen LogP contribution in [0.25, 0.3) is 0 Å². The number of carboxylic acid groups (broad SMARTS) is 1. The SMILES string of the molecule is COc1cc2c(cc1OC)C1CC(=NCC(=O)O)C3=C(CC(C)(C)CC3=O)N1CC2. The molecule has 7 nitrogen and oxygen atoms in total. The number of nitrogens with zero attached hydrogens (tertiary/aromatic N) is 2. The van der Waals surface area contributed by atoms with Crippen molar-refractivity contribution < 1.29 is 24.2 Å². The van der Waals surface area contributed by atoms with Crippen LogP contribution < -0.4 is 9.47 Å². The van der Waals surface area contributed by atoms with Crippen LogP contribution >= 0.6 is 0 Å². The molecule has 1 atom stereocenters. The van der Waals surface area contributed by atoms with E-state index in [-0.39, 0.29) is 23.8 Å². The van der Waals surface area contributed by atoms with Crippen LogP contribution in [0.15, 0.2) is 28.4 Å². The van der Waals surface area contributed by atoms with Gasteiger partial charge in [-0.25, -0.2) is 0 Å². The smallest absolute Gasteiger partial charge is 0.325 e. The number of Topliss-reactive ketones (excluding diaryl/α,β-unsaturated/α-hetero) is 1. The van der Waals surface area contributed by atoms with Gasteiger partial charge in [0.2, 0.25) is 0 Å². The van der Waals surface area contributed by atoms with E-state index in [1.807, 2.05) is 12.1 Å². The second-order valence-electron chi connectivity index (χ2n) is 8.99. The quantitative estimate of drug-likeness (QED) is 0.817. The Morgan fingerprint density at radius 2 is 1.93 bits per heavy atom. The topological polar surface area (TPSA) is 88.4 Å². The molecule has 30 heavy (non-hydrogen) atoms. The van der Waals surface area contributed by atoms with Crippen LogP contribution in [0.4, 0.5) is 0 Å². The monoisotopic (exact) mass is 412 g/mol. The van der Waals surface area contributed by atoms with E-state index in [4.69, 9.17) is 14.6 Å². The van der Waals surface area contributed by atoms with Gasteiger partial charge in [0.15, 0.2) is 17.3 Å². The van der Waals surface area contributed by atoms with E-state index in [9.17, 15) is 9.59 Å². The fourth-order valence-corrected chi connectivity index (χ4v) is 5.02. The minimum Gasteiger partial charge on any atom is -0.493 e. The van der Waals surface area contributed by atoms with E-state index < -0.39 is 5.97 Å². The number of benzene rings is 1. The number of ketones is 1. The molecule has 0 aromatic heterocycles. The predicted molar refractivity (Wildman–Crippen MR) is 112 cm³/mol. The highest BCUT2D eigenvalue weighted by atomic mass is 16.5. The molecule has 1 aromatic rings. The maximum Gasteiger partial charge on any atom is 0.325 e. The minimum atomic E-state index is -0.994. The van der Waals surface area contributed by atoms with Gasteiger partial charge < -0.3 is 19.5 Å². The number of methoxy groups -OCH3 is 2. The zero-order chi connectivity index (χ0) is 21.6. The summed E-state index contributed by atoms with van der Waals surface area (Å²) in [6.07, 6.45) is 2.59. The van der Waals surface area contributed by atoms with Gasteiger partial charge in [-0.05, 0) is 41.5 Å². The summed E-state index contributed by atoms with van der Waals surface area (Å²) in [6, 6.07) is 4.04. The third kappa shape index (κ3) is 3.46. The van der Waals surface area contributed by atoms with Gasteiger partial charge in [0, 0.05) is 25.1 Å². The highest BCUT2D eigenvalue weighted by Gasteiger charge is 2.44. The van der Waals surface area contributed by atoms with Crippen LogP contribution in [0.3, 0.4) is 0 Å². The minimum absolute atomic E-state index is 0.00144. The molecule has 3 aliphatic rings. The molecule has 1 aromatic carbocycles. The van der Waals surface area contributed by atoms with Crippen molar-refractivity contribution in [1.29, 1.82) is 0 Å². The first-order valence-electron chi connectivity index (χ1n) is 10.3. The third-order valence-electron chi connectivity index (χ3n) is 6.28. The number of carbonyl (C=O) groups is 2. The molecule has 4 rings (SSSR count). The molecule has 7 heteroatoms. The first-order chi connectivity index (χ1) is 14.2. The lowest BCUT2D eigenvalue weighted by Gasteiger charge is -2.48. The molecule has 2 aliphatic heterocycles. The van der Waals surface area contributed by atoms with Gasteiger partial charge in [-0.15, -0.1) is 0 Å². The zero-order valence-electron chi connectivity index (χ0n) is 17.9. The summed E-state index contributed by atoms with van der Waals surface area (Å²) in [5, 5.41) is 9.16. The van der Waals surface area contributed by atoms with Crippen LogP contribution in [0.1, 0.15) is 50.3 Å². The van der Waals surface area contributed by atoms with Crippen LogP contribution in [-0.4, -0.2) is 54.8 Å². The summed E-state index contributed by atoms with van der Waals surface area (Å²) in [5.74, 6) is 0.448. The van der Waals surface area contributed by atoms with Gasteiger partial charge >= 0.3 is 5.97 Å². The lowest BCUT2D eigenvalue weighted by molar-refractivity contribution is -0.135. The first-order valence-corrected chi connectivity index (χ1v) is 10.3. The van der Waals surface area contributed by atoms with E-state index in [1.165, 1.54) is 5.56 Å². The summed E-state index contributed by atoms with van der Waals surface area (Å²) in [4.78, 5) is 30.9. The summed E-state index contributed by atoms with van der Waals surface area (Å²) >= 11 is 0. The summed E-state index contributed by atoms with van der Waals surface area (Å²) < 4.78 is 11.0. The molecule has 0 saturated carbocycles. The third-order valence-corrected chi connectivity index (χ3v) is 6.28. The van der Waals surface area contributed by atoms with Crippen molar-refractivity contribution in [2.45, 2.75) is 45.6 Å². The highest BCUT2D eigenvalue weighted by Crippen LogP contribution is 2.49. The maximum absolute atomic E-state index is 13.1. The number of hydrogen-bond donors (Lipinski definition) is 1. The molecule has 2 heterocycles. The molecule has 0 radical (unpaired) electrons. The largest absolute Gasteiger partial charge is 0.493 e. The molecule has 0 amide bonds. The van der Waals surface area contributed by atoms with Crippen molar-refractivity contribution in [2.24, 2.45) is 10.4 Å². The Kier molecular flexibility index (Phi) is 5.08. The van der Waals surface area contributed by atoms with E-state index in [0.717, 1.165) is 30.6 Å². The van der Waals surface area contributed by atoms with Crippen molar-refractivity contribution in [3.05, 3.63) is 34.5 Å². The number of allylic oxidation sites excluding steroid dienone is 2. The molecule has 1 unspecified atom stereocenters. The lowest BCUT2D eigenvalue weighted by Crippen LogP contribution is -2.45. The van der Waals surface area contributed by atoms with Gasteiger partial charge in [-0.2, -0.15) is 0 Å². The zero-order valence-corrected chi connectivity index (χ0v) is 17.9. The summed E-state index contributed by atoms with van der Waals surface area (Å²) in [5.41, 5.74) is 4.47. The molecule has 0 saturated heterocycles. The number of carboxylic acids is 1. The van der Waals surface area contributed by atoms with E-state index >= 15 is 0 Å². The average Bonchev–Trinajstić information content (AvgIpc) is 2.69. The number of ether oxygens (including phenoxy) is 2. The number of hydrogen-bond acceptors (Lipinski definition) is 6. The predicted octanol–water partition coefficient (Wildman–Crippen LogP) is 3.18. The standard InChI is InChI=1S/C23H28N2O5/c1-23(2)10-17-22(18(26)11-23)15(24-12-21(27)28)9-16-14-8-20(30-4)19(29-3)7-13(14)5-6-25(16)17/h7-8,16H,5-6,9-12H2,1-4H3,(H,27,28). The average molecular weight is 412 g/mol. The molecule has 0 spiro atoms. The van der Waals surface area contributed by atoms with Crippen molar-refractivity contribution in [2.75, 3.05) is 27.3 Å². The Hall–Kier alpha value is -2.83. The number of fused-ring (bicyclic) bond motifs is 4. The summed E-state index contributed by atoms with van der Waals surface area (Å²) in [6.45, 7) is 4.70. The normalized spacial score (nSPS) is 23.6. The molecular formula is C23H28N2O5. The Labute approximate surface area is 176 Å². The molecule has 0 bridgehead atoms. The van der Waals surface area contributed by atoms with Crippen molar-refractivity contribution in [3.8, 4) is 11.5 Å². The Morgan fingerprint density at radius 1 is 1.23 bits per heavy atom. The molecule has 1 N–H and O–H groups in total. The number of carbonyl (C=O) groups excluding carboxylic acids is 1. The number of aliphatic carboxylic acids is 1. The lowest BCUT2D eigenvalue weighted by atomic mass is 9.71. The van der Waals surface area contributed by atoms with Crippen LogP contribution in [0.2, 0.25) is 0 Å². The van der Waals surface area contributed by atoms with E-state index in [0.29, 0.717) is 35.6 Å². The van der Waals surface area contributed by atoms with Crippen molar-refractivity contribution >= 4 is 17.5 Å². The maximum atomic E-state index is 13.1. The fourth-order valence-electron chi connectivity index (χ4n) is 5.02. The van der Waals surface area contributed by atoms with Gasteiger partial charge in [-0.3, -0.25) is 14.6 Å². The van der Waals surface area contributed by atoms with Gasteiger partial charge in [0.1, 0.15) is 6.54 Å². The molecule has 0 fully saturated rings. The molecule has 160 valence electrons. The number of aliphatic imine (C=N–C) groups is 1. The molecule has 1 aliphatic carbocycles. The number of rotatable bonds is 4. The first kappa shape index (κ1) is 20.4. The Bertz CT molecular complexity index is 976. The Balaban J connectivity index is 1.85. The highest BCUT2D eigenvalue weighted by molar-refractivity contribution is 6.24. The summed E-state index contributed by atoms with van der Waals surface area (Å²) in [7, 11) is 3.25. The second kappa shape index (κ2) is 7.45. The Morgan fingerprint density at radius 3 is 2.60 bits per heavy atom. The fraction of sp³-hybridized carbons (Fsp3) is 0.522. The molecular weight excluding hydrogens is 384 g/mol. The van der Waals surface area contributed by atoms with Gasteiger partial charge in [0.05, 0.1) is 31.5 Å². The van der Waals surface area contributed by atoms with Crippen LogP contribution in [-0.2, 0) is 16.0 Å². The van der Waals surface area contributed by atoms with Crippen LogP contribution in [0, 0.1) is 5.41 Å². The van der Waals surface area contributed by atoms with E-state index in [1.54, 1.807) is 14.2 Å². The van der Waals surface area contributed by atoms with E-state index in [2.05, 4.69) is 23.7 Å². The van der Waals surface area contributed by atoms with Crippen molar-refractivity contribution in [1.82, 2.24) is 4.90 Å². The van der Waals surface area contributed by atoms with Gasteiger partial charge in [-0.1, -0.05) is 13.8 Å². The second-order valence-corrected chi connectivity index (χ2v) is 8.99. The van der Waals surface area contributed by atoms with Gasteiger partial charge in [0.25, 0.3) is 0 Å². The van der Waals surface area contributed by atoms with Crippen LogP contribution in [0.5, 0.6) is 11.5 Å². The van der Waals surface area contributed by atoms with Crippen molar-refractivity contribution in [3.63, 3.8) is 0 Å².